The number of hydrogen-bond donors (Lipinski definition) is 0. The van der Waals surface area contributed by atoms with Gasteiger partial charge in [0.25, 0.3) is 0 Å². The number of benzene rings is 2. The normalized spacial score (nSPS) is 12.2. The molecule has 0 N–H and O–H groups in total. The average Bonchev–Trinajstić information content (AvgIpc) is 2.42. The molecule has 0 spiro atoms. The first-order valence-corrected chi connectivity index (χ1v) is 6.84. The number of ether oxygens (including phenoxy) is 1. The van der Waals surface area contributed by atoms with Crippen LogP contribution in [0.4, 0.5) is 13.2 Å². The summed E-state index contributed by atoms with van der Waals surface area (Å²) >= 11 is 3.42. The van der Waals surface area contributed by atoms with Crippen molar-refractivity contribution in [3.63, 3.8) is 0 Å². The van der Waals surface area contributed by atoms with Crippen molar-refractivity contribution >= 4 is 15.9 Å². The zero-order valence-electron chi connectivity index (χ0n) is 10.7. The standard InChI is InChI=1S/C15H12BrF3O/c1-20-15-7-9(3-5-13(15)18)12(16)6-10-2-4-11(17)8-14(10)19/h2-5,7-8,12H,6H2,1H3. The van der Waals surface area contributed by atoms with Crippen LogP contribution in [0.5, 0.6) is 5.75 Å². The third-order valence-corrected chi connectivity index (χ3v) is 3.80. The number of rotatable bonds is 4. The second kappa shape index (κ2) is 6.31. The van der Waals surface area contributed by atoms with Crippen molar-refractivity contribution in [3.05, 3.63) is 65.0 Å². The Bertz CT molecular complexity index is 616. The number of alkyl halides is 1. The van der Waals surface area contributed by atoms with Gasteiger partial charge in [-0.15, -0.1) is 0 Å². The highest BCUT2D eigenvalue weighted by molar-refractivity contribution is 9.09. The van der Waals surface area contributed by atoms with E-state index in [9.17, 15) is 13.2 Å². The molecule has 2 rings (SSSR count). The molecule has 0 fully saturated rings. The van der Waals surface area contributed by atoms with Gasteiger partial charge in [-0.05, 0) is 35.7 Å². The summed E-state index contributed by atoms with van der Waals surface area (Å²) in [6, 6.07) is 7.90. The summed E-state index contributed by atoms with van der Waals surface area (Å²) in [4.78, 5) is -0.225. The van der Waals surface area contributed by atoms with E-state index in [1.165, 1.54) is 25.3 Å². The summed E-state index contributed by atoms with van der Waals surface area (Å²) in [5.74, 6) is -1.53. The van der Waals surface area contributed by atoms with Crippen molar-refractivity contribution < 1.29 is 17.9 Å². The highest BCUT2D eigenvalue weighted by atomic mass is 79.9. The largest absolute Gasteiger partial charge is 0.494 e. The predicted molar refractivity (Wildman–Crippen MR) is 74.7 cm³/mol. The second-order valence-corrected chi connectivity index (χ2v) is 5.41. The Morgan fingerprint density at radius 2 is 1.80 bits per heavy atom. The van der Waals surface area contributed by atoms with E-state index in [2.05, 4.69) is 15.9 Å². The lowest BCUT2D eigenvalue weighted by molar-refractivity contribution is 0.386. The molecule has 0 bridgehead atoms. The summed E-state index contributed by atoms with van der Waals surface area (Å²) < 4.78 is 44.7. The van der Waals surface area contributed by atoms with E-state index in [0.29, 0.717) is 12.0 Å². The average molecular weight is 345 g/mol. The van der Waals surface area contributed by atoms with Gasteiger partial charge in [0.2, 0.25) is 0 Å². The molecule has 5 heteroatoms. The maximum absolute atomic E-state index is 13.6. The summed E-state index contributed by atoms with van der Waals surface area (Å²) in [6.07, 6.45) is 0.320. The zero-order chi connectivity index (χ0) is 14.7. The molecule has 0 saturated carbocycles. The third-order valence-electron chi connectivity index (χ3n) is 2.95. The first-order valence-electron chi connectivity index (χ1n) is 5.92. The minimum absolute atomic E-state index is 0.131. The smallest absolute Gasteiger partial charge is 0.165 e. The van der Waals surface area contributed by atoms with Gasteiger partial charge < -0.3 is 4.74 Å². The van der Waals surface area contributed by atoms with Crippen LogP contribution in [0.2, 0.25) is 0 Å². The van der Waals surface area contributed by atoms with E-state index in [1.807, 2.05) is 0 Å². The molecular weight excluding hydrogens is 333 g/mol. The zero-order valence-corrected chi connectivity index (χ0v) is 12.3. The van der Waals surface area contributed by atoms with Gasteiger partial charge in [-0.3, -0.25) is 0 Å². The first-order chi connectivity index (χ1) is 9.51. The second-order valence-electron chi connectivity index (χ2n) is 4.30. The van der Waals surface area contributed by atoms with Gasteiger partial charge in [-0.1, -0.05) is 28.1 Å². The molecule has 0 aliphatic carbocycles. The van der Waals surface area contributed by atoms with Crippen LogP contribution in [0.15, 0.2) is 36.4 Å². The van der Waals surface area contributed by atoms with Crippen LogP contribution in [0.3, 0.4) is 0 Å². The molecule has 0 heterocycles. The minimum atomic E-state index is -0.610. The SMILES string of the molecule is COc1cc(C(Br)Cc2ccc(F)cc2F)ccc1F. The van der Waals surface area contributed by atoms with Crippen molar-refractivity contribution in [2.75, 3.05) is 7.11 Å². The summed E-state index contributed by atoms with van der Waals surface area (Å²) in [5, 5.41) is 0. The van der Waals surface area contributed by atoms with Crippen LogP contribution in [0.25, 0.3) is 0 Å². The predicted octanol–water partition coefficient (Wildman–Crippen LogP) is 4.79. The molecule has 1 atom stereocenters. The Morgan fingerprint density at radius 1 is 1.05 bits per heavy atom. The van der Waals surface area contributed by atoms with E-state index >= 15 is 0 Å². The number of halogens is 4. The van der Waals surface area contributed by atoms with E-state index in [0.717, 1.165) is 11.6 Å². The molecule has 0 aliphatic heterocycles. The minimum Gasteiger partial charge on any atom is -0.494 e. The molecular formula is C15H12BrF3O. The molecule has 0 aromatic heterocycles. The molecule has 0 aliphatic rings. The van der Waals surface area contributed by atoms with Crippen molar-refractivity contribution in [2.45, 2.75) is 11.2 Å². The first kappa shape index (κ1) is 14.9. The Morgan fingerprint density at radius 3 is 2.45 bits per heavy atom. The van der Waals surface area contributed by atoms with Crippen molar-refractivity contribution in [2.24, 2.45) is 0 Å². The highest BCUT2D eigenvalue weighted by Crippen LogP contribution is 2.31. The van der Waals surface area contributed by atoms with Gasteiger partial charge in [0.05, 0.1) is 7.11 Å². The molecule has 0 amide bonds. The lowest BCUT2D eigenvalue weighted by atomic mass is 10.0. The van der Waals surface area contributed by atoms with Gasteiger partial charge in [0, 0.05) is 10.9 Å². The third kappa shape index (κ3) is 3.33. The monoisotopic (exact) mass is 344 g/mol. The Kier molecular flexibility index (Phi) is 4.70. The topological polar surface area (TPSA) is 9.23 Å². The van der Waals surface area contributed by atoms with E-state index < -0.39 is 17.5 Å². The molecule has 1 unspecified atom stereocenters. The quantitative estimate of drug-likeness (QED) is 0.724. The molecule has 0 saturated heterocycles. The summed E-state index contributed by atoms with van der Waals surface area (Å²) in [5.41, 5.74) is 1.14. The van der Waals surface area contributed by atoms with Crippen LogP contribution in [0.1, 0.15) is 16.0 Å². The Hall–Kier alpha value is -1.49. The Balaban J connectivity index is 2.21. The van der Waals surface area contributed by atoms with Crippen LogP contribution in [-0.2, 0) is 6.42 Å². The fourth-order valence-corrected chi connectivity index (χ4v) is 2.50. The van der Waals surface area contributed by atoms with Crippen molar-refractivity contribution in [3.8, 4) is 5.75 Å². The number of methoxy groups -OCH3 is 1. The molecule has 20 heavy (non-hydrogen) atoms. The summed E-state index contributed by atoms with van der Waals surface area (Å²) in [6.45, 7) is 0. The van der Waals surface area contributed by atoms with E-state index in [1.54, 1.807) is 12.1 Å². The lowest BCUT2D eigenvalue weighted by Crippen LogP contribution is -2.00. The van der Waals surface area contributed by atoms with Gasteiger partial charge in [-0.2, -0.15) is 0 Å². The van der Waals surface area contributed by atoms with Crippen molar-refractivity contribution in [1.82, 2.24) is 0 Å². The Labute approximate surface area is 123 Å². The fraction of sp³-hybridized carbons (Fsp3) is 0.200. The van der Waals surface area contributed by atoms with Crippen LogP contribution >= 0.6 is 15.9 Å². The van der Waals surface area contributed by atoms with Crippen molar-refractivity contribution in [1.29, 1.82) is 0 Å². The van der Waals surface area contributed by atoms with Crippen LogP contribution in [0, 0.1) is 17.5 Å². The van der Waals surface area contributed by atoms with Crippen LogP contribution < -0.4 is 4.74 Å². The highest BCUT2D eigenvalue weighted by Gasteiger charge is 2.14. The van der Waals surface area contributed by atoms with Gasteiger partial charge in [-0.25, -0.2) is 13.2 Å². The molecule has 1 nitrogen and oxygen atoms in total. The molecule has 2 aromatic rings. The maximum atomic E-state index is 13.6. The fourth-order valence-electron chi connectivity index (χ4n) is 1.87. The maximum Gasteiger partial charge on any atom is 0.165 e. The van der Waals surface area contributed by atoms with Gasteiger partial charge >= 0.3 is 0 Å². The van der Waals surface area contributed by atoms with E-state index in [4.69, 9.17) is 4.74 Å². The van der Waals surface area contributed by atoms with Gasteiger partial charge in [0.15, 0.2) is 11.6 Å². The summed E-state index contributed by atoms with van der Waals surface area (Å²) in [7, 11) is 1.38. The molecule has 0 radical (unpaired) electrons. The number of hydrogen-bond acceptors (Lipinski definition) is 1. The van der Waals surface area contributed by atoms with E-state index in [-0.39, 0.29) is 10.6 Å². The van der Waals surface area contributed by atoms with Crippen LogP contribution in [-0.4, -0.2) is 7.11 Å². The molecule has 106 valence electrons. The van der Waals surface area contributed by atoms with Gasteiger partial charge in [0.1, 0.15) is 11.6 Å². The molecule has 2 aromatic carbocycles. The lowest BCUT2D eigenvalue weighted by Gasteiger charge is -2.12.